The molecule has 1 atom stereocenters. The monoisotopic (exact) mass is 422 g/mol. The molecule has 0 aliphatic carbocycles. The zero-order valence-electron chi connectivity index (χ0n) is 18.7. The Morgan fingerprint density at radius 3 is 2.35 bits per heavy atom. The van der Waals surface area contributed by atoms with Crippen LogP contribution in [-0.2, 0) is 0 Å². The van der Waals surface area contributed by atoms with Gasteiger partial charge in [-0.05, 0) is 38.0 Å². The smallest absolute Gasteiger partial charge is 0.255 e. The minimum atomic E-state index is -0.0995. The number of aromatic nitrogens is 1. The number of carbonyl (C=O) groups is 1. The van der Waals surface area contributed by atoms with Crippen molar-refractivity contribution >= 4 is 5.91 Å². The predicted octanol–water partition coefficient (Wildman–Crippen LogP) is 3.17. The first-order valence-corrected chi connectivity index (χ1v) is 10.9. The summed E-state index contributed by atoms with van der Waals surface area (Å²) in [6.45, 7) is 12.0. The second-order valence-corrected chi connectivity index (χ2v) is 8.59. The van der Waals surface area contributed by atoms with E-state index in [0.717, 1.165) is 47.2 Å². The molecule has 3 heterocycles. The quantitative estimate of drug-likeness (QED) is 0.757. The third-order valence-corrected chi connectivity index (χ3v) is 6.20. The number of nitrogens with zero attached hydrogens (tertiary/aromatic N) is 4. The summed E-state index contributed by atoms with van der Waals surface area (Å²) >= 11 is 0. The molecule has 0 radical (unpaired) electrons. The molecule has 2 aliphatic rings. The van der Waals surface area contributed by atoms with Crippen LogP contribution in [0.3, 0.4) is 0 Å². The highest BCUT2D eigenvalue weighted by Gasteiger charge is 2.29. The molecule has 1 aromatic heterocycles. The summed E-state index contributed by atoms with van der Waals surface area (Å²) in [5.41, 5.74) is 3.60. The fourth-order valence-corrected chi connectivity index (χ4v) is 4.57. The summed E-state index contributed by atoms with van der Waals surface area (Å²) in [5, 5.41) is 9.46. The van der Waals surface area contributed by atoms with Gasteiger partial charge in [0.2, 0.25) is 0 Å². The summed E-state index contributed by atoms with van der Waals surface area (Å²) in [6.07, 6.45) is 0. The third-order valence-electron chi connectivity index (χ3n) is 6.20. The molecular formula is C24H30N4O3. The molecule has 1 unspecified atom stereocenters. The summed E-state index contributed by atoms with van der Waals surface area (Å²) < 4.78 is 13.4. The van der Waals surface area contributed by atoms with E-state index in [1.54, 1.807) is 0 Å². The van der Waals surface area contributed by atoms with Crippen molar-refractivity contribution < 1.29 is 14.3 Å². The number of amides is 1. The number of hydrogen-bond donors (Lipinski definition) is 0. The van der Waals surface area contributed by atoms with E-state index in [-0.39, 0.29) is 17.9 Å². The molecule has 0 bridgehead atoms. The van der Waals surface area contributed by atoms with Crippen molar-refractivity contribution in [1.29, 1.82) is 5.26 Å². The number of nitriles is 1. The van der Waals surface area contributed by atoms with Crippen LogP contribution in [0.1, 0.15) is 35.6 Å². The zero-order chi connectivity index (χ0) is 22.1. The van der Waals surface area contributed by atoms with Crippen LogP contribution in [0.15, 0.2) is 24.3 Å². The average molecular weight is 423 g/mol. The molecule has 1 fully saturated rings. The van der Waals surface area contributed by atoms with Gasteiger partial charge in [-0.2, -0.15) is 5.26 Å². The van der Waals surface area contributed by atoms with Gasteiger partial charge in [0.05, 0.1) is 11.6 Å². The van der Waals surface area contributed by atoms with Gasteiger partial charge in [0, 0.05) is 49.3 Å². The summed E-state index contributed by atoms with van der Waals surface area (Å²) in [7, 11) is 0. The van der Waals surface area contributed by atoms with Crippen molar-refractivity contribution in [2.45, 2.75) is 33.7 Å². The maximum Gasteiger partial charge on any atom is 0.255 e. The molecule has 1 saturated heterocycles. The number of aryl methyl sites for hydroxylation is 1. The van der Waals surface area contributed by atoms with Crippen LogP contribution in [0, 0.1) is 31.1 Å². The van der Waals surface area contributed by atoms with Crippen LogP contribution in [0.4, 0.5) is 0 Å². The van der Waals surface area contributed by atoms with E-state index in [0.29, 0.717) is 26.3 Å². The Kier molecular flexibility index (Phi) is 5.92. The number of ether oxygens (including phenoxy) is 2. The van der Waals surface area contributed by atoms with E-state index in [2.05, 4.69) is 29.4 Å². The van der Waals surface area contributed by atoms with Crippen LogP contribution >= 0.6 is 0 Å². The van der Waals surface area contributed by atoms with Crippen LogP contribution < -0.4 is 9.47 Å². The van der Waals surface area contributed by atoms with Crippen molar-refractivity contribution in [1.82, 2.24) is 14.4 Å². The predicted molar refractivity (Wildman–Crippen MR) is 118 cm³/mol. The first-order chi connectivity index (χ1) is 14.9. The lowest BCUT2D eigenvalue weighted by Crippen LogP contribution is -2.52. The molecule has 0 saturated carbocycles. The Balaban J connectivity index is 1.53. The molecule has 7 nitrogen and oxygen atoms in total. The average Bonchev–Trinajstić information content (AvgIpc) is 3.07. The second-order valence-electron chi connectivity index (χ2n) is 8.59. The van der Waals surface area contributed by atoms with Gasteiger partial charge in [-0.15, -0.1) is 0 Å². The van der Waals surface area contributed by atoms with E-state index >= 15 is 0 Å². The normalized spacial score (nSPS) is 17.5. The number of hydrogen-bond acceptors (Lipinski definition) is 5. The van der Waals surface area contributed by atoms with Crippen LogP contribution in [0.25, 0.3) is 5.69 Å². The van der Waals surface area contributed by atoms with Gasteiger partial charge in [-0.1, -0.05) is 13.8 Å². The fourth-order valence-electron chi connectivity index (χ4n) is 4.57. The molecule has 31 heavy (non-hydrogen) atoms. The van der Waals surface area contributed by atoms with E-state index in [1.807, 2.05) is 43.0 Å². The topological polar surface area (TPSA) is 70.7 Å². The number of carbonyl (C=O) groups excluding carboxylic acids is 1. The Labute approximate surface area is 183 Å². The zero-order valence-corrected chi connectivity index (χ0v) is 18.7. The van der Waals surface area contributed by atoms with Gasteiger partial charge < -0.3 is 18.9 Å². The molecule has 2 aliphatic heterocycles. The van der Waals surface area contributed by atoms with Gasteiger partial charge in [0.15, 0.2) is 11.5 Å². The number of fused-ring (bicyclic) bond motifs is 1. The van der Waals surface area contributed by atoms with Crippen LogP contribution in [0.5, 0.6) is 11.5 Å². The largest absolute Gasteiger partial charge is 0.486 e. The van der Waals surface area contributed by atoms with E-state index in [1.165, 1.54) is 0 Å². The number of rotatable bonds is 4. The summed E-state index contributed by atoms with van der Waals surface area (Å²) in [6, 6.07) is 10.2. The summed E-state index contributed by atoms with van der Waals surface area (Å²) in [5.74, 6) is 1.81. The van der Waals surface area contributed by atoms with Gasteiger partial charge in [-0.3, -0.25) is 9.69 Å². The highest BCUT2D eigenvalue weighted by atomic mass is 16.6. The molecule has 164 valence electrons. The fraction of sp³-hybridized carbons (Fsp3) is 0.500. The first-order valence-electron chi connectivity index (χ1n) is 10.9. The summed E-state index contributed by atoms with van der Waals surface area (Å²) in [4.78, 5) is 17.4. The van der Waals surface area contributed by atoms with Gasteiger partial charge >= 0.3 is 0 Å². The lowest BCUT2D eigenvalue weighted by Gasteiger charge is -2.38. The Morgan fingerprint density at radius 2 is 1.71 bits per heavy atom. The molecule has 0 N–H and O–H groups in total. The molecule has 1 amide bonds. The minimum Gasteiger partial charge on any atom is -0.486 e. The Hall–Kier alpha value is -2.98. The lowest BCUT2D eigenvalue weighted by atomic mass is 10.0. The number of benzene rings is 1. The van der Waals surface area contributed by atoms with Crippen LogP contribution in [-0.4, -0.2) is 65.7 Å². The van der Waals surface area contributed by atoms with E-state index < -0.39 is 0 Å². The van der Waals surface area contributed by atoms with Gasteiger partial charge in [0.25, 0.3) is 5.91 Å². The van der Waals surface area contributed by atoms with E-state index in [9.17, 15) is 10.1 Å². The van der Waals surface area contributed by atoms with Crippen molar-refractivity contribution in [3.8, 4) is 23.3 Å². The van der Waals surface area contributed by atoms with E-state index in [4.69, 9.17) is 9.47 Å². The third kappa shape index (κ3) is 4.00. The lowest BCUT2D eigenvalue weighted by molar-refractivity contribution is 0.0576. The molecule has 7 heteroatoms. The molecule has 2 aromatic rings. The van der Waals surface area contributed by atoms with Crippen LogP contribution in [0.2, 0.25) is 0 Å². The Bertz CT molecular complexity index is 1010. The number of piperazine rings is 1. The van der Waals surface area contributed by atoms with Crippen molar-refractivity contribution in [2.24, 2.45) is 5.92 Å². The van der Waals surface area contributed by atoms with Crippen molar-refractivity contribution in [2.75, 3.05) is 39.4 Å². The standard InChI is InChI=1S/C24H30N4O3/c1-16(2)21(15-25)26-7-9-27(10-8-26)24(29)20-13-17(3)28(18(20)4)19-5-6-22-23(14-19)31-12-11-30-22/h5-6,13-14,16,21H,7-12H2,1-4H3. The van der Waals surface area contributed by atoms with Gasteiger partial charge in [-0.25, -0.2) is 0 Å². The van der Waals surface area contributed by atoms with Gasteiger partial charge in [0.1, 0.15) is 19.3 Å². The highest BCUT2D eigenvalue weighted by Crippen LogP contribution is 2.33. The maximum atomic E-state index is 13.3. The Morgan fingerprint density at radius 1 is 1.03 bits per heavy atom. The molecule has 1 aromatic carbocycles. The minimum absolute atomic E-state index is 0.0506. The molecular weight excluding hydrogens is 392 g/mol. The highest BCUT2D eigenvalue weighted by molar-refractivity contribution is 5.96. The molecule has 4 rings (SSSR count). The SMILES string of the molecule is Cc1cc(C(=O)N2CCN(C(C#N)C(C)C)CC2)c(C)n1-c1ccc2c(c1)OCCO2. The van der Waals surface area contributed by atoms with Crippen molar-refractivity contribution in [3.05, 3.63) is 41.2 Å². The second kappa shape index (κ2) is 8.64. The maximum absolute atomic E-state index is 13.3. The first kappa shape index (κ1) is 21.3. The molecule has 0 spiro atoms. The van der Waals surface area contributed by atoms with Crippen molar-refractivity contribution in [3.63, 3.8) is 0 Å².